The average molecular weight is 489 g/mol. The lowest BCUT2D eigenvalue weighted by Gasteiger charge is -2.11. The lowest BCUT2D eigenvalue weighted by Crippen LogP contribution is -2.26. The van der Waals surface area contributed by atoms with Gasteiger partial charge in [0.15, 0.2) is 11.0 Å². The number of hydrogen-bond donors (Lipinski definition) is 1. The Morgan fingerprint density at radius 1 is 0.943 bits per heavy atom. The van der Waals surface area contributed by atoms with Gasteiger partial charge in [0.05, 0.1) is 20.3 Å². The van der Waals surface area contributed by atoms with Crippen LogP contribution in [-0.2, 0) is 17.0 Å². The summed E-state index contributed by atoms with van der Waals surface area (Å²) < 4.78 is 12.5. The van der Waals surface area contributed by atoms with E-state index in [0.29, 0.717) is 31.0 Å². The minimum atomic E-state index is -0.105. The molecule has 1 N–H and O–H groups in total. The Labute approximate surface area is 209 Å². The molecule has 3 aromatic carbocycles. The molecule has 0 saturated carbocycles. The Morgan fingerprint density at radius 3 is 2.49 bits per heavy atom. The lowest BCUT2D eigenvalue weighted by atomic mass is 10.1. The van der Waals surface area contributed by atoms with Gasteiger partial charge in [-0.05, 0) is 35.4 Å². The maximum Gasteiger partial charge on any atom is 0.251 e. The quantitative estimate of drug-likeness (QED) is 0.244. The van der Waals surface area contributed by atoms with Crippen molar-refractivity contribution in [1.82, 2.24) is 20.1 Å². The summed E-state index contributed by atoms with van der Waals surface area (Å²) in [6, 6.07) is 25.7. The molecule has 0 bridgehead atoms. The van der Waals surface area contributed by atoms with Gasteiger partial charge in [0.2, 0.25) is 0 Å². The van der Waals surface area contributed by atoms with E-state index in [0.717, 1.165) is 27.9 Å². The monoisotopic (exact) mass is 488 g/mol. The largest absolute Gasteiger partial charge is 0.497 e. The van der Waals surface area contributed by atoms with Crippen LogP contribution >= 0.6 is 11.8 Å². The predicted octanol–water partition coefficient (Wildman–Crippen LogP) is 4.67. The average Bonchev–Trinajstić information content (AvgIpc) is 3.30. The molecule has 0 aliphatic rings. The van der Waals surface area contributed by atoms with Gasteiger partial charge < -0.3 is 14.8 Å². The van der Waals surface area contributed by atoms with Crippen molar-refractivity contribution in [3.8, 4) is 17.1 Å². The molecule has 35 heavy (non-hydrogen) atoms. The van der Waals surface area contributed by atoms with Gasteiger partial charge in [0.25, 0.3) is 5.91 Å². The zero-order valence-electron chi connectivity index (χ0n) is 19.8. The fourth-order valence-corrected chi connectivity index (χ4v) is 4.44. The third kappa shape index (κ3) is 6.49. The topological polar surface area (TPSA) is 78.3 Å². The number of nitrogens with one attached hydrogen (secondary N) is 1. The summed E-state index contributed by atoms with van der Waals surface area (Å²) in [5, 5.41) is 12.7. The van der Waals surface area contributed by atoms with Crippen LogP contribution in [0.25, 0.3) is 11.4 Å². The van der Waals surface area contributed by atoms with Crippen molar-refractivity contribution in [1.29, 1.82) is 0 Å². The molecule has 0 fully saturated rings. The molecule has 180 valence electrons. The first-order valence-corrected chi connectivity index (χ1v) is 12.3. The third-order valence-electron chi connectivity index (χ3n) is 5.40. The van der Waals surface area contributed by atoms with Crippen LogP contribution in [0.15, 0.2) is 84.0 Å². The van der Waals surface area contributed by atoms with Crippen LogP contribution in [0.1, 0.15) is 21.5 Å². The zero-order chi connectivity index (χ0) is 24.5. The Bertz CT molecular complexity index is 1240. The minimum Gasteiger partial charge on any atom is -0.497 e. The highest BCUT2D eigenvalue weighted by Crippen LogP contribution is 2.29. The van der Waals surface area contributed by atoms with E-state index < -0.39 is 0 Å². The van der Waals surface area contributed by atoms with E-state index in [2.05, 4.69) is 32.2 Å². The minimum absolute atomic E-state index is 0.105. The summed E-state index contributed by atoms with van der Waals surface area (Å²) in [7, 11) is 3.27. The summed E-state index contributed by atoms with van der Waals surface area (Å²) in [5.41, 5.74) is 3.84. The van der Waals surface area contributed by atoms with Crippen LogP contribution in [0.5, 0.6) is 5.75 Å². The second-order valence-electron chi connectivity index (χ2n) is 7.84. The van der Waals surface area contributed by atoms with Crippen LogP contribution in [-0.4, -0.2) is 48.0 Å². The van der Waals surface area contributed by atoms with E-state index in [1.807, 2.05) is 66.7 Å². The van der Waals surface area contributed by atoms with Crippen LogP contribution in [0, 0.1) is 0 Å². The predicted molar refractivity (Wildman–Crippen MR) is 138 cm³/mol. The Hall–Kier alpha value is -3.62. The van der Waals surface area contributed by atoms with E-state index in [4.69, 9.17) is 9.47 Å². The number of aromatic nitrogens is 3. The smallest absolute Gasteiger partial charge is 0.251 e. The standard InChI is InChI=1S/C27H28N4O3S/c1-33-16-15-28-26(32)22-13-11-21(12-14-22)19-35-27-30-29-25(23-9-6-10-24(17-23)34-2)31(27)18-20-7-4-3-5-8-20/h3-14,17H,15-16,18-19H2,1-2H3,(H,28,32). The first-order valence-electron chi connectivity index (χ1n) is 11.3. The van der Waals surface area contributed by atoms with Crippen molar-refractivity contribution in [2.45, 2.75) is 17.5 Å². The molecule has 8 heteroatoms. The van der Waals surface area contributed by atoms with Gasteiger partial charge in [0, 0.05) is 30.5 Å². The molecule has 4 aromatic rings. The van der Waals surface area contributed by atoms with Gasteiger partial charge in [-0.3, -0.25) is 9.36 Å². The van der Waals surface area contributed by atoms with Crippen LogP contribution in [0.2, 0.25) is 0 Å². The highest BCUT2D eigenvalue weighted by Gasteiger charge is 2.16. The van der Waals surface area contributed by atoms with Gasteiger partial charge in [0.1, 0.15) is 5.75 Å². The summed E-state index contributed by atoms with van der Waals surface area (Å²) >= 11 is 1.62. The van der Waals surface area contributed by atoms with E-state index in [1.54, 1.807) is 26.0 Å². The number of hydrogen-bond acceptors (Lipinski definition) is 6. The van der Waals surface area contributed by atoms with E-state index in [1.165, 1.54) is 5.56 Å². The Balaban J connectivity index is 1.52. The van der Waals surface area contributed by atoms with Gasteiger partial charge in [-0.1, -0.05) is 66.4 Å². The normalized spacial score (nSPS) is 10.8. The number of nitrogens with zero attached hydrogens (tertiary/aromatic N) is 3. The molecule has 4 rings (SSSR count). The van der Waals surface area contributed by atoms with Gasteiger partial charge in [-0.2, -0.15) is 0 Å². The molecule has 0 saturated heterocycles. The van der Waals surface area contributed by atoms with Crippen molar-refractivity contribution in [3.63, 3.8) is 0 Å². The number of benzene rings is 3. The maximum absolute atomic E-state index is 12.2. The fraction of sp³-hybridized carbons (Fsp3) is 0.222. The van der Waals surface area contributed by atoms with E-state index >= 15 is 0 Å². The molecule has 0 aliphatic heterocycles. The summed E-state index contributed by atoms with van der Waals surface area (Å²) in [5.74, 6) is 2.17. The number of thioether (sulfide) groups is 1. The molecule has 0 radical (unpaired) electrons. The van der Waals surface area contributed by atoms with E-state index in [9.17, 15) is 4.79 Å². The Kier molecular flexibility index (Phi) is 8.53. The zero-order valence-corrected chi connectivity index (χ0v) is 20.6. The van der Waals surface area contributed by atoms with E-state index in [-0.39, 0.29) is 5.91 Å². The maximum atomic E-state index is 12.2. The number of ether oxygens (including phenoxy) is 2. The number of rotatable bonds is 11. The van der Waals surface area contributed by atoms with Crippen molar-refractivity contribution < 1.29 is 14.3 Å². The van der Waals surface area contributed by atoms with Gasteiger partial charge in [-0.15, -0.1) is 10.2 Å². The van der Waals surface area contributed by atoms with Crippen LogP contribution in [0.4, 0.5) is 0 Å². The third-order valence-corrected chi connectivity index (χ3v) is 6.44. The summed E-state index contributed by atoms with van der Waals surface area (Å²) in [4.78, 5) is 12.2. The van der Waals surface area contributed by atoms with Crippen molar-refractivity contribution in [2.75, 3.05) is 27.4 Å². The molecule has 1 heterocycles. The molecule has 1 amide bonds. The molecule has 0 unspecified atom stereocenters. The van der Waals surface area contributed by atoms with Gasteiger partial charge >= 0.3 is 0 Å². The van der Waals surface area contributed by atoms with Crippen molar-refractivity contribution >= 4 is 17.7 Å². The molecule has 0 atom stereocenters. The molecule has 0 spiro atoms. The second-order valence-corrected chi connectivity index (χ2v) is 8.79. The molecule has 1 aromatic heterocycles. The number of methoxy groups -OCH3 is 2. The summed E-state index contributed by atoms with van der Waals surface area (Å²) in [6.45, 7) is 1.63. The number of carbonyl (C=O) groups is 1. The molecular formula is C27H28N4O3S. The Morgan fingerprint density at radius 2 is 1.74 bits per heavy atom. The fourth-order valence-electron chi connectivity index (χ4n) is 3.55. The first-order chi connectivity index (χ1) is 17.2. The van der Waals surface area contributed by atoms with Crippen molar-refractivity contribution in [2.24, 2.45) is 0 Å². The number of amides is 1. The molecular weight excluding hydrogens is 460 g/mol. The van der Waals surface area contributed by atoms with Crippen LogP contribution in [0.3, 0.4) is 0 Å². The first kappa shape index (κ1) is 24.5. The van der Waals surface area contributed by atoms with Crippen LogP contribution < -0.4 is 10.1 Å². The highest BCUT2D eigenvalue weighted by atomic mass is 32.2. The highest BCUT2D eigenvalue weighted by molar-refractivity contribution is 7.98. The molecule has 7 nitrogen and oxygen atoms in total. The molecule has 0 aliphatic carbocycles. The van der Waals surface area contributed by atoms with Crippen molar-refractivity contribution in [3.05, 3.63) is 95.6 Å². The summed E-state index contributed by atoms with van der Waals surface area (Å²) in [6.07, 6.45) is 0. The number of carbonyl (C=O) groups excluding carboxylic acids is 1. The second kappa shape index (κ2) is 12.2. The SMILES string of the molecule is COCCNC(=O)c1ccc(CSc2nnc(-c3cccc(OC)c3)n2Cc2ccccc2)cc1. The lowest BCUT2D eigenvalue weighted by molar-refractivity contribution is 0.0937. The van der Waals surface area contributed by atoms with Gasteiger partial charge in [-0.25, -0.2) is 0 Å².